The molecule has 0 bridgehead atoms. The van der Waals surface area contributed by atoms with Gasteiger partial charge in [-0.1, -0.05) is 40.0 Å². The molecule has 0 unspecified atom stereocenters. The predicted molar refractivity (Wildman–Crippen MR) is 78.0 cm³/mol. The van der Waals surface area contributed by atoms with Crippen molar-refractivity contribution in [1.29, 1.82) is 0 Å². The molecular weight excluding hydrogens is 262 g/mol. The summed E-state index contributed by atoms with van der Waals surface area (Å²) in [6.07, 6.45) is 3.18. The van der Waals surface area contributed by atoms with Crippen LogP contribution in [0.15, 0.2) is 18.2 Å². The average molecular weight is 286 g/mol. The van der Waals surface area contributed by atoms with Gasteiger partial charge >= 0.3 is 0 Å². The lowest BCUT2D eigenvalue weighted by Gasteiger charge is -2.31. The highest BCUT2D eigenvalue weighted by molar-refractivity contribution is 6.74. The van der Waals surface area contributed by atoms with E-state index in [-0.39, 0.29) is 0 Å². The number of rotatable bonds is 8. The normalized spacial score (nSPS) is 11.6. The Kier molecular flexibility index (Phi) is 6.49. The molecule has 0 atom stereocenters. The summed E-state index contributed by atoms with van der Waals surface area (Å²) in [6.45, 7) is 6.42. The molecule has 1 nitrogen and oxygen atoms in total. The Bertz CT molecular complexity index is 358. The van der Waals surface area contributed by atoms with E-state index >= 15 is 0 Å². The topological polar surface area (TPSA) is 9.23 Å². The smallest absolute Gasteiger partial charge is 0.251 e. The van der Waals surface area contributed by atoms with Crippen LogP contribution in [0, 0.1) is 11.6 Å². The van der Waals surface area contributed by atoms with Crippen LogP contribution in [0.5, 0.6) is 5.75 Å². The van der Waals surface area contributed by atoms with Crippen molar-refractivity contribution in [2.45, 2.75) is 58.2 Å². The lowest BCUT2D eigenvalue weighted by molar-refractivity contribution is 0.500. The third-order valence-corrected chi connectivity index (χ3v) is 8.19. The second-order valence-electron chi connectivity index (χ2n) is 5.14. The van der Waals surface area contributed by atoms with E-state index in [1.165, 1.54) is 12.1 Å². The van der Waals surface area contributed by atoms with Crippen LogP contribution >= 0.6 is 0 Å². The summed E-state index contributed by atoms with van der Waals surface area (Å²) in [5.74, 6) is -0.774. The van der Waals surface area contributed by atoms with Crippen molar-refractivity contribution in [3.05, 3.63) is 29.8 Å². The molecular formula is C15H24F2OSi. The van der Waals surface area contributed by atoms with Crippen LogP contribution in [-0.4, -0.2) is 8.32 Å². The lowest BCUT2D eigenvalue weighted by Crippen LogP contribution is -2.41. The summed E-state index contributed by atoms with van der Waals surface area (Å²) in [4.78, 5) is 0. The van der Waals surface area contributed by atoms with Crippen molar-refractivity contribution in [2.24, 2.45) is 0 Å². The zero-order chi connectivity index (χ0) is 14.3. The third-order valence-electron chi connectivity index (χ3n) is 3.29. The monoisotopic (exact) mass is 286 g/mol. The van der Waals surface area contributed by atoms with Gasteiger partial charge in [-0.25, -0.2) is 8.78 Å². The standard InChI is InChI=1S/C15H24F2OSi/c1-4-7-19(8-5-2,9-6-3)18-15-11-13(16)10-14(17)12-15/h10-12H,4-9H2,1-3H3. The summed E-state index contributed by atoms with van der Waals surface area (Å²) < 4.78 is 32.7. The Labute approximate surface area is 116 Å². The molecule has 0 saturated carbocycles. The highest BCUT2D eigenvalue weighted by Gasteiger charge is 2.34. The van der Waals surface area contributed by atoms with Crippen molar-refractivity contribution >= 4 is 8.32 Å². The van der Waals surface area contributed by atoms with Crippen LogP contribution in [0.2, 0.25) is 18.1 Å². The first-order valence-electron chi connectivity index (χ1n) is 7.20. The van der Waals surface area contributed by atoms with E-state index in [0.717, 1.165) is 43.5 Å². The van der Waals surface area contributed by atoms with Crippen LogP contribution < -0.4 is 4.43 Å². The van der Waals surface area contributed by atoms with Gasteiger partial charge in [0.05, 0.1) is 0 Å². The third kappa shape index (κ3) is 4.94. The van der Waals surface area contributed by atoms with Crippen molar-refractivity contribution in [1.82, 2.24) is 0 Å². The first-order valence-corrected chi connectivity index (χ1v) is 9.73. The van der Waals surface area contributed by atoms with Gasteiger partial charge in [0.2, 0.25) is 0 Å². The van der Waals surface area contributed by atoms with Crippen LogP contribution in [0.3, 0.4) is 0 Å². The number of benzene rings is 1. The van der Waals surface area contributed by atoms with Crippen molar-refractivity contribution in [2.75, 3.05) is 0 Å². The maximum absolute atomic E-state index is 13.3. The fraction of sp³-hybridized carbons (Fsp3) is 0.600. The van der Waals surface area contributed by atoms with E-state index in [4.69, 9.17) is 4.43 Å². The molecule has 0 spiro atoms. The molecule has 4 heteroatoms. The van der Waals surface area contributed by atoms with Gasteiger partial charge in [-0.15, -0.1) is 0 Å². The molecule has 0 aliphatic carbocycles. The highest BCUT2D eigenvalue weighted by Crippen LogP contribution is 2.30. The SMILES string of the molecule is CCC[Si](CCC)(CCC)Oc1cc(F)cc(F)c1. The molecule has 0 saturated heterocycles. The molecule has 0 fully saturated rings. The Hall–Kier alpha value is -0.903. The summed E-state index contributed by atoms with van der Waals surface area (Å²) in [6, 6.07) is 6.62. The predicted octanol–water partition coefficient (Wildman–Crippen LogP) is 5.52. The quantitative estimate of drug-likeness (QED) is 0.572. The Morgan fingerprint density at radius 1 is 0.842 bits per heavy atom. The van der Waals surface area contributed by atoms with E-state index < -0.39 is 20.0 Å². The highest BCUT2D eigenvalue weighted by atomic mass is 28.4. The van der Waals surface area contributed by atoms with Gasteiger partial charge in [-0.3, -0.25) is 0 Å². The molecule has 1 aromatic rings. The van der Waals surface area contributed by atoms with Gasteiger partial charge in [0, 0.05) is 18.2 Å². The lowest BCUT2D eigenvalue weighted by atomic mass is 10.3. The zero-order valence-corrected chi connectivity index (χ0v) is 13.1. The minimum atomic E-state index is -1.92. The van der Waals surface area contributed by atoms with Gasteiger partial charge in [0.15, 0.2) is 0 Å². The molecule has 108 valence electrons. The fourth-order valence-electron chi connectivity index (χ4n) is 2.73. The van der Waals surface area contributed by atoms with Crippen molar-refractivity contribution in [3.63, 3.8) is 0 Å². The van der Waals surface area contributed by atoms with E-state index in [2.05, 4.69) is 20.8 Å². The molecule has 0 N–H and O–H groups in total. The van der Waals surface area contributed by atoms with Gasteiger partial charge in [0.1, 0.15) is 17.4 Å². The molecule has 0 aromatic heterocycles. The largest absolute Gasteiger partial charge is 0.543 e. The molecule has 1 rings (SSSR count). The Morgan fingerprint density at radius 3 is 1.63 bits per heavy atom. The molecule has 0 amide bonds. The van der Waals surface area contributed by atoms with Gasteiger partial charge in [-0.2, -0.15) is 0 Å². The number of hydrogen-bond donors (Lipinski definition) is 0. The molecule has 0 aliphatic rings. The maximum Gasteiger partial charge on any atom is 0.251 e. The first kappa shape index (κ1) is 16.2. The second-order valence-corrected chi connectivity index (χ2v) is 9.21. The number of halogens is 2. The Balaban J connectivity index is 2.96. The molecule has 0 heterocycles. The zero-order valence-electron chi connectivity index (χ0n) is 12.1. The summed E-state index contributed by atoms with van der Waals surface area (Å²) >= 11 is 0. The molecule has 1 aromatic carbocycles. The summed E-state index contributed by atoms with van der Waals surface area (Å²) in [5, 5.41) is 0. The van der Waals surface area contributed by atoms with Crippen LogP contribution in [0.1, 0.15) is 40.0 Å². The average Bonchev–Trinajstić information content (AvgIpc) is 2.28. The van der Waals surface area contributed by atoms with Gasteiger partial charge < -0.3 is 4.43 Å². The summed E-state index contributed by atoms with van der Waals surface area (Å²) in [7, 11) is -1.92. The van der Waals surface area contributed by atoms with Crippen LogP contribution in [0.25, 0.3) is 0 Å². The summed E-state index contributed by atoms with van der Waals surface area (Å²) in [5.41, 5.74) is 0. The Morgan fingerprint density at radius 2 is 1.26 bits per heavy atom. The number of hydrogen-bond acceptors (Lipinski definition) is 1. The van der Waals surface area contributed by atoms with Gasteiger partial charge in [0.25, 0.3) is 8.32 Å². The molecule has 0 radical (unpaired) electrons. The van der Waals surface area contributed by atoms with Crippen LogP contribution in [-0.2, 0) is 0 Å². The van der Waals surface area contributed by atoms with E-state index in [1.807, 2.05) is 0 Å². The van der Waals surface area contributed by atoms with Gasteiger partial charge in [-0.05, 0) is 18.1 Å². The van der Waals surface area contributed by atoms with E-state index in [1.54, 1.807) is 0 Å². The fourth-order valence-corrected chi connectivity index (χ4v) is 7.14. The minimum Gasteiger partial charge on any atom is -0.543 e. The van der Waals surface area contributed by atoms with E-state index in [9.17, 15) is 8.78 Å². The molecule has 19 heavy (non-hydrogen) atoms. The van der Waals surface area contributed by atoms with Crippen LogP contribution in [0.4, 0.5) is 8.78 Å². The minimum absolute atomic E-state index is 0.361. The molecule has 0 aliphatic heterocycles. The van der Waals surface area contributed by atoms with Crippen molar-refractivity contribution in [3.8, 4) is 5.75 Å². The van der Waals surface area contributed by atoms with E-state index in [0.29, 0.717) is 5.75 Å². The maximum atomic E-state index is 13.3. The first-order chi connectivity index (χ1) is 9.05. The second kappa shape index (κ2) is 7.63. The van der Waals surface area contributed by atoms with Crippen molar-refractivity contribution < 1.29 is 13.2 Å².